The van der Waals surface area contributed by atoms with Gasteiger partial charge >= 0.3 is 5.97 Å². The summed E-state index contributed by atoms with van der Waals surface area (Å²) in [6.45, 7) is 4.45. The first kappa shape index (κ1) is 11.0. The van der Waals surface area contributed by atoms with Crippen LogP contribution in [-0.4, -0.2) is 41.5 Å². The Morgan fingerprint density at radius 1 is 1.50 bits per heavy atom. The van der Waals surface area contributed by atoms with Crippen molar-refractivity contribution >= 4 is 11.9 Å². The van der Waals surface area contributed by atoms with E-state index in [0.29, 0.717) is 13.1 Å². The molecule has 0 aromatic rings. The van der Waals surface area contributed by atoms with Gasteiger partial charge < -0.3 is 15.7 Å². The molecule has 1 saturated heterocycles. The van der Waals surface area contributed by atoms with E-state index in [2.05, 4.69) is 0 Å². The van der Waals surface area contributed by atoms with Gasteiger partial charge in [-0.05, 0) is 13.8 Å². The number of carboxylic acid groups (broad SMARTS) is 1. The first-order chi connectivity index (χ1) is 6.38. The van der Waals surface area contributed by atoms with Crippen LogP contribution in [0.4, 0.5) is 0 Å². The molecule has 0 aromatic heterocycles. The Hall–Kier alpha value is -1.10. The lowest BCUT2D eigenvalue weighted by Crippen LogP contribution is -2.57. The second-order valence-electron chi connectivity index (χ2n) is 4.33. The number of hydrogen-bond acceptors (Lipinski definition) is 3. The van der Waals surface area contributed by atoms with Crippen LogP contribution in [0.2, 0.25) is 0 Å². The van der Waals surface area contributed by atoms with Crippen molar-refractivity contribution in [3.63, 3.8) is 0 Å². The largest absolute Gasteiger partial charge is 0.481 e. The van der Waals surface area contributed by atoms with Gasteiger partial charge in [0.2, 0.25) is 5.91 Å². The molecule has 1 heterocycles. The SMILES string of the molecule is CC(C)(CN)C(=O)N1CC(C(=O)O)C1. The van der Waals surface area contributed by atoms with Crippen LogP contribution in [0.15, 0.2) is 0 Å². The van der Waals surface area contributed by atoms with E-state index >= 15 is 0 Å². The molecule has 1 aliphatic heterocycles. The Bertz CT molecular complexity index is 257. The smallest absolute Gasteiger partial charge is 0.310 e. The summed E-state index contributed by atoms with van der Waals surface area (Å²) in [5.41, 5.74) is 4.87. The molecule has 0 aromatic carbocycles. The predicted octanol–water partition coefficient (Wildman–Crippen LogP) is -0.486. The Morgan fingerprint density at radius 3 is 2.36 bits per heavy atom. The van der Waals surface area contributed by atoms with Crippen molar-refractivity contribution in [1.82, 2.24) is 4.90 Å². The Balaban J connectivity index is 2.48. The number of likely N-dealkylation sites (tertiary alicyclic amines) is 1. The summed E-state index contributed by atoms with van der Waals surface area (Å²) >= 11 is 0. The summed E-state index contributed by atoms with van der Waals surface area (Å²) in [5, 5.41) is 8.63. The van der Waals surface area contributed by atoms with E-state index in [1.54, 1.807) is 18.7 Å². The van der Waals surface area contributed by atoms with Crippen molar-refractivity contribution in [2.45, 2.75) is 13.8 Å². The van der Waals surface area contributed by atoms with Crippen LogP contribution in [0.1, 0.15) is 13.8 Å². The van der Waals surface area contributed by atoms with Crippen molar-refractivity contribution in [2.24, 2.45) is 17.1 Å². The number of nitrogens with two attached hydrogens (primary N) is 1. The molecule has 0 radical (unpaired) electrons. The highest BCUT2D eigenvalue weighted by molar-refractivity contribution is 5.85. The number of carbonyl (C=O) groups is 2. The third-order valence-corrected chi connectivity index (χ3v) is 2.61. The number of carboxylic acids is 1. The van der Waals surface area contributed by atoms with Crippen LogP contribution in [0.5, 0.6) is 0 Å². The highest BCUT2D eigenvalue weighted by Gasteiger charge is 2.40. The zero-order chi connectivity index (χ0) is 10.9. The van der Waals surface area contributed by atoms with E-state index < -0.39 is 17.3 Å². The lowest BCUT2D eigenvalue weighted by atomic mass is 9.88. The standard InChI is InChI=1S/C9H16N2O3/c1-9(2,5-10)8(14)11-3-6(4-11)7(12)13/h6H,3-5,10H2,1-2H3,(H,12,13). The van der Waals surface area contributed by atoms with Crippen molar-refractivity contribution in [3.05, 3.63) is 0 Å². The van der Waals surface area contributed by atoms with Crippen LogP contribution in [0.3, 0.4) is 0 Å². The average Bonchev–Trinajstić information content (AvgIpc) is 2.00. The zero-order valence-electron chi connectivity index (χ0n) is 8.49. The van der Waals surface area contributed by atoms with Gasteiger partial charge in [0, 0.05) is 19.6 Å². The average molecular weight is 200 g/mol. The van der Waals surface area contributed by atoms with Gasteiger partial charge in [0.05, 0.1) is 11.3 Å². The van der Waals surface area contributed by atoms with Crippen LogP contribution in [0.25, 0.3) is 0 Å². The van der Waals surface area contributed by atoms with Crippen LogP contribution < -0.4 is 5.73 Å². The number of amides is 1. The van der Waals surface area contributed by atoms with Crippen molar-refractivity contribution in [1.29, 1.82) is 0 Å². The van der Waals surface area contributed by atoms with E-state index in [-0.39, 0.29) is 12.5 Å². The molecule has 80 valence electrons. The fraction of sp³-hybridized carbons (Fsp3) is 0.778. The summed E-state index contributed by atoms with van der Waals surface area (Å²) in [6.07, 6.45) is 0. The summed E-state index contributed by atoms with van der Waals surface area (Å²) < 4.78 is 0. The van der Waals surface area contributed by atoms with Crippen molar-refractivity contribution in [2.75, 3.05) is 19.6 Å². The van der Waals surface area contributed by atoms with E-state index in [4.69, 9.17) is 10.8 Å². The van der Waals surface area contributed by atoms with Gasteiger partial charge in [-0.25, -0.2) is 0 Å². The molecule has 0 aliphatic carbocycles. The lowest BCUT2D eigenvalue weighted by molar-refractivity contribution is -0.156. The summed E-state index contributed by atoms with van der Waals surface area (Å²) in [7, 11) is 0. The van der Waals surface area contributed by atoms with Gasteiger partial charge in [0.15, 0.2) is 0 Å². The minimum Gasteiger partial charge on any atom is -0.481 e. The van der Waals surface area contributed by atoms with E-state index in [0.717, 1.165) is 0 Å². The Kier molecular flexibility index (Phi) is 2.80. The van der Waals surface area contributed by atoms with Gasteiger partial charge in [-0.2, -0.15) is 0 Å². The number of carbonyl (C=O) groups excluding carboxylic acids is 1. The highest BCUT2D eigenvalue weighted by atomic mass is 16.4. The third-order valence-electron chi connectivity index (χ3n) is 2.61. The molecule has 1 rings (SSSR count). The van der Waals surface area contributed by atoms with Gasteiger partial charge in [0.25, 0.3) is 0 Å². The minimum absolute atomic E-state index is 0.0579. The van der Waals surface area contributed by atoms with Gasteiger partial charge in [-0.15, -0.1) is 0 Å². The summed E-state index contributed by atoms with van der Waals surface area (Å²) in [6, 6.07) is 0. The molecule has 3 N–H and O–H groups in total. The number of nitrogens with zero attached hydrogens (tertiary/aromatic N) is 1. The molecule has 5 nitrogen and oxygen atoms in total. The number of hydrogen-bond donors (Lipinski definition) is 2. The fourth-order valence-electron chi connectivity index (χ4n) is 1.32. The van der Waals surface area contributed by atoms with Gasteiger partial charge in [-0.3, -0.25) is 9.59 Å². The second kappa shape index (κ2) is 3.57. The molecule has 5 heteroatoms. The number of rotatable bonds is 3. The quantitative estimate of drug-likeness (QED) is 0.644. The predicted molar refractivity (Wildman–Crippen MR) is 50.5 cm³/mol. The molecular formula is C9H16N2O3. The van der Waals surface area contributed by atoms with Crippen molar-refractivity contribution in [3.8, 4) is 0 Å². The molecule has 1 fully saturated rings. The first-order valence-electron chi connectivity index (χ1n) is 4.60. The third kappa shape index (κ3) is 1.87. The number of aliphatic carboxylic acids is 1. The molecule has 0 bridgehead atoms. The highest BCUT2D eigenvalue weighted by Crippen LogP contribution is 2.24. The zero-order valence-corrected chi connectivity index (χ0v) is 8.49. The molecule has 1 aliphatic rings. The van der Waals surface area contributed by atoms with Crippen molar-refractivity contribution < 1.29 is 14.7 Å². The Labute approximate surface area is 82.9 Å². The molecule has 0 atom stereocenters. The normalized spacial score (nSPS) is 17.8. The van der Waals surface area contributed by atoms with Crippen LogP contribution in [-0.2, 0) is 9.59 Å². The molecule has 14 heavy (non-hydrogen) atoms. The first-order valence-corrected chi connectivity index (χ1v) is 4.60. The van der Waals surface area contributed by atoms with Gasteiger partial charge in [0.1, 0.15) is 0 Å². The lowest BCUT2D eigenvalue weighted by Gasteiger charge is -2.40. The Morgan fingerprint density at radius 2 is 2.00 bits per heavy atom. The maximum Gasteiger partial charge on any atom is 0.310 e. The molecule has 0 saturated carbocycles. The minimum atomic E-state index is -0.834. The maximum atomic E-state index is 11.7. The van der Waals surface area contributed by atoms with E-state index in [1.165, 1.54) is 0 Å². The summed E-state index contributed by atoms with van der Waals surface area (Å²) in [5.74, 6) is -1.29. The van der Waals surface area contributed by atoms with E-state index in [1.807, 2.05) is 0 Å². The summed E-state index contributed by atoms with van der Waals surface area (Å²) in [4.78, 5) is 23.8. The molecule has 1 amide bonds. The molecular weight excluding hydrogens is 184 g/mol. The topological polar surface area (TPSA) is 83.6 Å². The maximum absolute atomic E-state index is 11.7. The second-order valence-corrected chi connectivity index (χ2v) is 4.33. The van der Waals surface area contributed by atoms with Crippen LogP contribution in [0, 0.1) is 11.3 Å². The van der Waals surface area contributed by atoms with Crippen LogP contribution >= 0.6 is 0 Å². The monoisotopic (exact) mass is 200 g/mol. The van der Waals surface area contributed by atoms with E-state index in [9.17, 15) is 9.59 Å². The van der Waals surface area contributed by atoms with Gasteiger partial charge in [-0.1, -0.05) is 0 Å². The molecule has 0 spiro atoms. The fourth-order valence-corrected chi connectivity index (χ4v) is 1.32. The molecule has 0 unspecified atom stereocenters.